The number of nitrogens with one attached hydrogen (secondary N) is 3. The minimum atomic E-state index is -1.50. The molecule has 0 aliphatic rings. The Kier molecular flexibility index (Phi) is 10.8. The molecule has 8 N–H and O–H groups in total. The number of nitrogens with two attached hydrogens (primary N) is 1. The van der Waals surface area contributed by atoms with Crippen molar-refractivity contribution in [3.05, 3.63) is 29.8 Å². The molecular formula is C21H30N4O8. The van der Waals surface area contributed by atoms with Crippen LogP contribution in [0.2, 0.25) is 0 Å². The Morgan fingerprint density at radius 2 is 1.42 bits per heavy atom. The van der Waals surface area contributed by atoms with Gasteiger partial charge in [-0.05, 0) is 30.0 Å². The first-order valence-corrected chi connectivity index (χ1v) is 10.3. The summed E-state index contributed by atoms with van der Waals surface area (Å²) < 4.78 is 0. The van der Waals surface area contributed by atoms with E-state index >= 15 is 0 Å². The van der Waals surface area contributed by atoms with Gasteiger partial charge >= 0.3 is 11.9 Å². The molecule has 0 aromatic heterocycles. The van der Waals surface area contributed by atoms with Gasteiger partial charge in [-0.3, -0.25) is 19.2 Å². The predicted octanol–water partition coefficient (Wildman–Crippen LogP) is -1.05. The summed E-state index contributed by atoms with van der Waals surface area (Å²) in [4.78, 5) is 59.9. The van der Waals surface area contributed by atoms with Crippen LogP contribution in [0.5, 0.6) is 5.75 Å². The van der Waals surface area contributed by atoms with Gasteiger partial charge in [0.1, 0.15) is 23.9 Å². The molecule has 0 radical (unpaired) electrons. The number of carbonyl (C=O) groups excluding carboxylic acids is 3. The lowest BCUT2D eigenvalue weighted by atomic mass is 10.0. The number of aliphatic carboxylic acids is 2. The Bertz CT molecular complexity index is 856. The highest BCUT2D eigenvalue weighted by Gasteiger charge is 2.31. The zero-order chi connectivity index (χ0) is 25.1. The largest absolute Gasteiger partial charge is 0.508 e. The SMILES string of the molecule is CC(C)CC(NC(=O)C(Cc1ccc(O)cc1)NC(=O)C(CC(=O)O)NC(=O)CN)C(=O)O. The topological polar surface area (TPSA) is 208 Å². The van der Waals surface area contributed by atoms with Crippen LogP contribution in [0.3, 0.4) is 0 Å². The van der Waals surface area contributed by atoms with Crippen molar-refractivity contribution in [1.82, 2.24) is 16.0 Å². The molecule has 0 heterocycles. The number of carboxylic acids is 2. The van der Waals surface area contributed by atoms with Crippen molar-refractivity contribution < 1.29 is 39.3 Å². The zero-order valence-corrected chi connectivity index (χ0v) is 18.4. The smallest absolute Gasteiger partial charge is 0.326 e. The maximum atomic E-state index is 12.9. The van der Waals surface area contributed by atoms with E-state index < -0.39 is 60.8 Å². The van der Waals surface area contributed by atoms with Gasteiger partial charge < -0.3 is 37.0 Å². The van der Waals surface area contributed by atoms with E-state index in [1.807, 2.05) is 0 Å². The van der Waals surface area contributed by atoms with Crippen LogP contribution >= 0.6 is 0 Å². The fourth-order valence-corrected chi connectivity index (χ4v) is 2.95. The number of phenolic OH excluding ortho intramolecular Hbond substituents is 1. The fourth-order valence-electron chi connectivity index (χ4n) is 2.95. The van der Waals surface area contributed by atoms with Crippen LogP contribution in [0.15, 0.2) is 24.3 Å². The summed E-state index contributed by atoms with van der Waals surface area (Å²) in [5, 5.41) is 34.9. The summed E-state index contributed by atoms with van der Waals surface area (Å²) in [6.45, 7) is 3.10. The van der Waals surface area contributed by atoms with Gasteiger partial charge in [-0.1, -0.05) is 26.0 Å². The number of rotatable bonds is 13. The molecule has 1 aromatic carbocycles. The Morgan fingerprint density at radius 3 is 1.91 bits per heavy atom. The third-order valence-corrected chi connectivity index (χ3v) is 4.55. The quantitative estimate of drug-likeness (QED) is 0.189. The molecule has 3 unspecified atom stereocenters. The van der Waals surface area contributed by atoms with Crippen molar-refractivity contribution in [2.24, 2.45) is 11.7 Å². The van der Waals surface area contributed by atoms with E-state index in [1.54, 1.807) is 13.8 Å². The molecule has 12 nitrogen and oxygen atoms in total. The summed E-state index contributed by atoms with van der Waals surface area (Å²) in [5.41, 5.74) is 5.74. The average Bonchev–Trinajstić information content (AvgIpc) is 2.72. The summed E-state index contributed by atoms with van der Waals surface area (Å²) in [5.74, 6) is -5.18. The molecule has 0 saturated carbocycles. The van der Waals surface area contributed by atoms with Crippen LogP contribution < -0.4 is 21.7 Å². The van der Waals surface area contributed by atoms with Crippen molar-refractivity contribution in [2.75, 3.05) is 6.54 Å². The lowest BCUT2D eigenvalue weighted by molar-refractivity contribution is -0.143. The minimum absolute atomic E-state index is 0.0160. The molecule has 0 spiro atoms. The molecule has 12 heteroatoms. The van der Waals surface area contributed by atoms with Crippen molar-refractivity contribution in [2.45, 2.75) is 51.2 Å². The number of amides is 3. The number of benzene rings is 1. The van der Waals surface area contributed by atoms with Crippen molar-refractivity contribution >= 4 is 29.7 Å². The number of hydrogen-bond donors (Lipinski definition) is 7. The molecule has 0 fully saturated rings. The lowest BCUT2D eigenvalue weighted by Crippen LogP contribution is -2.57. The molecule has 1 rings (SSSR count). The standard InChI is InChI=1S/C21H30N4O8/c1-11(2)7-16(21(32)33)25-19(30)14(8-12-3-5-13(26)6-4-12)24-20(31)15(9-18(28)29)23-17(27)10-22/h3-6,11,14-16,26H,7-10,22H2,1-2H3,(H,23,27)(H,24,31)(H,25,30)(H,28,29)(H,32,33). The van der Waals surface area contributed by atoms with Gasteiger partial charge in [-0.15, -0.1) is 0 Å². The molecule has 0 saturated heterocycles. The molecule has 3 amide bonds. The van der Waals surface area contributed by atoms with Gasteiger partial charge in [0.15, 0.2) is 0 Å². The molecule has 182 valence electrons. The molecule has 33 heavy (non-hydrogen) atoms. The van der Waals surface area contributed by atoms with E-state index in [0.717, 1.165) is 0 Å². The zero-order valence-electron chi connectivity index (χ0n) is 18.4. The number of aromatic hydroxyl groups is 1. The molecule has 1 aromatic rings. The number of carboxylic acid groups (broad SMARTS) is 2. The second-order valence-electron chi connectivity index (χ2n) is 7.88. The van der Waals surface area contributed by atoms with Gasteiger partial charge in [-0.25, -0.2) is 4.79 Å². The second-order valence-corrected chi connectivity index (χ2v) is 7.88. The van der Waals surface area contributed by atoms with Crippen LogP contribution in [-0.2, 0) is 30.4 Å². The van der Waals surface area contributed by atoms with Gasteiger partial charge in [0, 0.05) is 6.42 Å². The molecule has 0 bridgehead atoms. The van der Waals surface area contributed by atoms with E-state index in [9.17, 15) is 34.2 Å². The molecule has 0 aliphatic heterocycles. The first kappa shape index (κ1) is 27.4. The van der Waals surface area contributed by atoms with E-state index in [-0.39, 0.29) is 24.5 Å². The normalized spacial score (nSPS) is 13.5. The Morgan fingerprint density at radius 1 is 0.879 bits per heavy atom. The predicted molar refractivity (Wildman–Crippen MR) is 116 cm³/mol. The fraction of sp³-hybridized carbons (Fsp3) is 0.476. The van der Waals surface area contributed by atoms with Gasteiger partial charge in [-0.2, -0.15) is 0 Å². The number of hydrogen-bond acceptors (Lipinski definition) is 7. The summed E-state index contributed by atoms with van der Waals surface area (Å²) in [6.07, 6.45) is -0.693. The van der Waals surface area contributed by atoms with Crippen molar-refractivity contribution in [1.29, 1.82) is 0 Å². The van der Waals surface area contributed by atoms with Crippen LogP contribution in [0.25, 0.3) is 0 Å². The van der Waals surface area contributed by atoms with Crippen LogP contribution in [0, 0.1) is 5.92 Å². The summed E-state index contributed by atoms with van der Waals surface area (Å²) >= 11 is 0. The van der Waals surface area contributed by atoms with Crippen molar-refractivity contribution in [3.63, 3.8) is 0 Å². The lowest BCUT2D eigenvalue weighted by Gasteiger charge is -2.24. The van der Waals surface area contributed by atoms with Gasteiger partial charge in [0.2, 0.25) is 17.7 Å². The second kappa shape index (κ2) is 13.0. The van der Waals surface area contributed by atoms with Gasteiger partial charge in [0.25, 0.3) is 0 Å². The Hall–Kier alpha value is -3.67. The molecule has 3 atom stereocenters. The average molecular weight is 466 g/mol. The highest BCUT2D eigenvalue weighted by Crippen LogP contribution is 2.12. The highest BCUT2D eigenvalue weighted by atomic mass is 16.4. The Labute approximate surface area is 190 Å². The number of carbonyl (C=O) groups is 5. The minimum Gasteiger partial charge on any atom is -0.508 e. The van der Waals surface area contributed by atoms with Crippen molar-refractivity contribution in [3.8, 4) is 5.75 Å². The molecular weight excluding hydrogens is 436 g/mol. The van der Waals surface area contributed by atoms with E-state index in [4.69, 9.17) is 10.8 Å². The van der Waals surface area contributed by atoms with Crippen LogP contribution in [0.1, 0.15) is 32.3 Å². The summed E-state index contributed by atoms with van der Waals surface area (Å²) in [7, 11) is 0. The van der Waals surface area contributed by atoms with E-state index in [2.05, 4.69) is 16.0 Å². The van der Waals surface area contributed by atoms with Crippen LogP contribution in [0.4, 0.5) is 0 Å². The van der Waals surface area contributed by atoms with Gasteiger partial charge in [0.05, 0.1) is 13.0 Å². The van der Waals surface area contributed by atoms with E-state index in [0.29, 0.717) is 5.56 Å². The van der Waals surface area contributed by atoms with E-state index in [1.165, 1.54) is 24.3 Å². The summed E-state index contributed by atoms with van der Waals surface area (Å²) in [6, 6.07) is 1.77. The maximum absolute atomic E-state index is 12.9. The first-order chi connectivity index (χ1) is 15.4. The number of phenols is 1. The van der Waals surface area contributed by atoms with Crippen LogP contribution in [-0.4, -0.2) is 69.7 Å². The highest BCUT2D eigenvalue weighted by molar-refractivity contribution is 5.95. The monoisotopic (exact) mass is 466 g/mol. The molecule has 0 aliphatic carbocycles. The third-order valence-electron chi connectivity index (χ3n) is 4.55. The first-order valence-electron chi connectivity index (χ1n) is 10.3. The third kappa shape index (κ3) is 9.99. The maximum Gasteiger partial charge on any atom is 0.326 e. The Balaban J connectivity index is 3.13.